The molecule has 0 heterocycles. The quantitative estimate of drug-likeness (QED) is 0.602. The first-order valence-electron chi connectivity index (χ1n) is 7.10. The summed E-state index contributed by atoms with van der Waals surface area (Å²) in [6.07, 6.45) is 3.02. The molecule has 2 N–H and O–H groups in total. The van der Waals surface area contributed by atoms with Crippen molar-refractivity contribution < 1.29 is 8.42 Å². The predicted octanol–water partition coefficient (Wildman–Crippen LogP) is 2.12. The number of hydrogen-bond acceptors (Lipinski definition) is 3. The second kappa shape index (κ2) is 8.88. The Morgan fingerprint density at radius 2 is 1.61 bits per heavy atom. The van der Waals surface area contributed by atoms with Crippen molar-refractivity contribution in [1.82, 2.24) is 10.0 Å². The van der Waals surface area contributed by atoms with Gasteiger partial charge in [0.15, 0.2) is 0 Å². The minimum atomic E-state index is -3.22. The molecule has 0 saturated carbocycles. The second-order valence-electron chi connectivity index (χ2n) is 5.04. The number of rotatable bonds is 10. The van der Waals surface area contributed by atoms with Crippen LogP contribution in [0.15, 0.2) is 0 Å². The Hall–Kier alpha value is -0.130. The third-order valence-corrected chi connectivity index (χ3v) is 5.42. The molecule has 0 bridgehead atoms. The van der Waals surface area contributed by atoms with E-state index in [4.69, 9.17) is 0 Å². The standard InChI is InChI=1S/C13H30N2O2S/c1-6-9-14-10-11(4)18(16,17)15-12(5)13(7-2)8-3/h11-15H,6-10H2,1-5H3. The van der Waals surface area contributed by atoms with Gasteiger partial charge in [0.2, 0.25) is 10.0 Å². The molecule has 2 atom stereocenters. The molecule has 0 spiro atoms. The van der Waals surface area contributed by atoms with Crippen LogP contribution in [-0.2, 0) is 10.0 Å². The molecule has 0 aromatic heterocycles. The molecule has 2 unspecified atom stereocenters. The van der Waals surface area contributed by atoms with Gasteiger partial charge in [-0.1, -0.05) is 33.6 Å². The molecular formula is C13H30N2O2S. The summed E-state index contributed by atoms with van der Waals surface area (Å²) in [5, 5.41) is 2.76. The van der Waals surface area contributed by atoms with Gasteiger partial charge in [-0.3, -0.25) is 0 Å². The van der Waals surface area contributed by atoms with Gasteiger partial charge < -0.3 is 5.32 Å². The highest BCUT2D eigenvalue weighted by atomic mass is 32.2. The molecule has 4 nitrogen and oxygen atoms in total. The first-order chi connectivity index (χ1) is 8.38. The minimum Gasteiger partial charge on any atom is -0.315 e. The lowest BCUT2D eigenvalue weighted by atomic mass is 9.96. The van der Waals surface area contributed by atoms with Crippen LogP contribution in [0.3, 0.4) is 0 Å². The molecule has 0 aliphatic rings. The van der Waals surface area contributed by atoms with E-state index in [9.17, 15) is 8.42 Å². The molecule has 0 radical (unpaired) electrons. The van der Waals surface area contributed by atoms with E-state index < -0.39 is 10.0 Å². The molecule has 5 heteroatoms. The summed E-state index contributed by atoms with van der Waals surface area (Å²) in [5.74, 6) is 0.413. The van der Waals surface area contributed by atoms with E-state index in [-0.39, 0.29) is 11.3 Å². The summed E-state index contributed by atoms with van der Waals surface area (Å²) in [7, 11) is -3.22. The highest BCUT2D eigenvalue weighted by Crippen LogP contribution is 2.14. The van der Waals surface area contributed by atoms with Gasteiger partial charge in [0.05, 0.1) is 5.25 Å². The van der Waals surface area contributed by atoms with Gasteiger partial charge in [-0.05, 0) is 32.7 Å². The van der Waals surface area contributed by atoms with Crippen LogP contribution in [-0.4, -0.2) is 32.8 Å². The van der Waals surface area contributed by atoms with E-state index in [1.807, 2.05) is 6.92 Å². The smallest absolute Gasteiger partial charge is 0.215 e. The Morgan fingerprint density at radius 1 is 1.06 bits per heavy atom. The molecule has 0 fully saturated rings. The molecule has 0 aliphatic carbocycles. The number of sulfonamides is 1. The van der Waals surface area contributed by atoms with Crippen molar-refractivity contribution >= 4 is 10.0 Å². The zero-order valence-electron chi connectivity index (χ0n) is 12.5. The Balaban J connectivity index is 4.36. The zero-order valence-corrected chi connectivity index (χ0v) is 13.3. The van der Waals surface area contributed by atoms with E-state index in [1.54, 1.807) is 6.92 Å². The van der Waals surface area contributed by atoms with Crippen LogP contribution in [0.2, 0.25) is 0 Å². The molecule has 0 saturated heterocycles. The van der Waals surface area contributed by atoms with Crippen LogP contribution in [0.1, 0.15) is 53.9 Å². The SMILES string of the molecule is CCCNCC(C)S(=O)(=O)NC(C)C(CC)CC. The largest absolute Gasteiger partial charge is 0.315 e. The van der Waals surface area contributed by atoms with Crippen LogP contribution in [0, 0.1) is 5.92 Å². The van der Waals surface area contributed by atoms with E-state index in [2.05, 4.69) is 30.8 Å². The second-order valence-corrected chi connectivity index (χ2v) is 7.17. The van der Waals surface area contributed by atoms with Crippen molar-refractivity contribution in [1.29, 1.82) is 0 Å². The van der Waals surface area contributed by atoms with Crippen molar-refractivity contribution in [3.05, 3.63) is 0 Å². The lowest BCUT2D eigenvalue weighted by Gasteiger charge is -2.24. The fraction of sp³-hybridized carbons (Fsp3) is 1.00. The summed E-state index contributed by atoms with van der Waals surface area (Å²) in [4.78, 5) is 0. The molecule has 0 aromatic rings. The molecule has 0 aromatic carbocycles. The first-order valence-corrected chi connectivity index (χ1v) is 8.65. The van der Waals surface area contributed by atoms with Crippen LogP contribution < -0.4 is 10.0 Å². The van der Waals surface area contributed by atoms with Crippen molar-refractivity contribution in [3.63, 3.8) is 0 Å². The van der Waals surface area contributed by atoms with Crippen LogP contribution in [0.25, 0.3) is 0 Å². The van der Waals surface area contributed by atoms with Gasteiger partial charge in [-0.15, -0.1) is 0 Å². The zero-order chi connectivity index (χ0) is 14.2. The van der Waals surface area contributed by atoms with Gasteiger partial charge in [-0.25, -0.2) is 13.1 Å². The predicted molar refractivity (Wildman–Crippen MR) is 78.2 cm³/mol. The summed E-state index contributed by atoms with van der Waals surface area (Å²) >= 11 is 0. The van der Waals surface area contributed by atoms with Gasteiger partial charge >= 0.3 is 0 Å². The molecule has 110 valence electrons. The van der Waals surface area contributed by atoms with Crippen LogP contribution in [0.5, 0.6) is 0 Å². The minimum absolute atomic E-state index is 0.0126. The molecule has 0 rings (SSSR count). The van der Waals surface area contributed by atoms with E-state index in [1.165, 1.54) is 0 Å². The normalized spacial score (nSPS) is 15.9. The Bertz CT molecular complexity index is 300. The van der Waals surface area contributed by atoms with Gasteiger partial charge in [-0.2, -0.15) is 0 Å². The highest BCUT2D eigenvalue weighted by molar-refractivity contribution is 7.90. The lowest BCUT2D eigenvalue weighted by molar-refractivity contribution is 0.389. The van der Waals surface area contributed by atoms with Gasteiger partial charge in [0, 0.05) is 12.6 Å². The maximum atomic E-state index is 12.1. The number of nitrogens with one attached hydrogen (secondary N) is 2. The summed E-state index contributed by atoms with van der Waals surface area (Å²) in [6, 6.07) is 0.0126. The molecular weight excluding hydrogens is 248 g/mol. The Kier molecular flexibility index (Phi) is 8.82. The highest BCUT2D eigenvalue weighted by Gasteiger charge is 2.25. The summed E-state index contributed by atoms with van der Waals surface area (Å²) in [6.45, 7) is 11.4. The Labute approximate surface area is 113 Å². The lowest BCUT2D eigenvalue weighted by Crippen LogP contribution is -2.45. The van der Waals surface area contributed by atoms with Crippen LogP contribution >= 0.6 is 0 Å². The van der Waals surface area contributed by atoms with Gasteiger partial charge in [0.1, 0.15) is 0 Å². The molecule has 0 amide bonds. The molecule has 18 heavy (non-hydrogen) atoms. The van der Waals surface area contributed by atoms with Crippen molar-refractivity contribution in [2.75, 3.05) is 13.1 Å². The van der Waals surface area contributed by atoms with E-state index >= 15 is 0 Å². The van der Waals surface area contributed by atoms with E-state index in [0.717, 1.165) is 25.8 Å². The Morgan fingerprint density at radius 3 is 2.06 bits per heavy atom. The fourth-order valence-electron chi connectivity index (χ4n) is 2.06. The number of hydrogen-bond donors (Lipinski definition) is 2. The van der Waals surface area contributed by atoms with Crippen LogP contribution in [0.4, 0.5) is 0 Å². The average molecular weight is 278 g/mol. The monoisotopic (exact) mass is 278 g/mol. The summed E-state index contributed by atoms with van der Waals surface area (Å²) in [5.41, 5.74) is 0. The van der Waals surface area contributed by atoms with Crippen molar-refractivity contribution in [2.45, 2.75) is 65.2 Å². The summed E-state index contributed by atoms with van der Waals surface area (Å²) < 4.78 is 27.1. The topological polar surface area (TPSA) is 58.2 Å². The van der Waals surface area contributed by atoms with Crippen molar-refractivity contribution in [2.24, 2.45) is 5.92 Å². The average Bonchev–Trinajstić information content (AvgIpc) is 2.30. The maximum Gasteiger partial charge on any atom is 0.215 e. The first kappa shape index (κ1) is 17.9. The van der Waals surface area contributed by atoms with Gasteiger partial charge in [0.25, 0.3) is 0 Å². The third-order valence-electron chi connectivity index (χ3n) is 3.49. The molecule has 0 aliphatic heterocycles. The fourth-order valence-corrected chi connectivity index (χ4v) is 3.34. The third kappa shape index (κ3) is 6.16. The van der Waals surface area contributed by atoms with Crippen molar-refractivity contribution in [3.8, 4) is 0 Å². The van der Waals surface area contributed by atoms with E-state index in [0.29, 0.717) is 12.5 Å². The maximum absolute atomic E-state index is 12.1.